The van der Waals surface area contributed by atoms with E-state index in [2.05, 4.69) is 21.4 Å². The molecule has 0 saturated heterocycles. The Balaban J connectivity index is 1.96. The van der Waals surface area contributed by atoms with Gasteiger partial charge in [0, 0.05) is 23.1 Å². The molecule has 3 heterocycles. The van der Waals surface area contributed by atoms with Crippen molar-refractivity contribution in [1.82, 2.24) is 24.9 Å². The molecule has 2 N–H and O–H groups in total. The highest BCUT2D eigenvalue weighted by molar-refractivity contribution is 5.96. The van der Waals surface area contributed by atoms with Crippen LogP contribution in [0.3, 0.4) is 0 Å². The number of benzene rings is 1. The van der Waals surface area contributed by atoms with Gasteiger partial charge in [0.2, 0.25) is 0 Å². The molecule has 1 amide bonds. The van der Waals surface area contributed by atoms with Crippen molar-refractivity contribution < 1.29 is 9.90 Å². The Kier molecular flexibility index (Phi) is 6.14. The average Bonchev–Trinajstić information content (AvgIpc) is 3.16. The zero-order chi connectivity index (χ0) is 25.5. The van der Waals surface area contributed by atoms with Crippen LogP contribution in [-0.2, 0) is 0 Å². The fourth-order valence-corrected chi connectivity index (χ4v) is 3.95. The van der Waals surface area contributed by atoms with E-state index in [4.69, 9.17) is 5.10 Å². The van der Waals surface area contributed by atoms with Crippen LogP contribution in [0.2, 0.25) is 0 Å². The molecule has 0 radical (unpaired) electrons. The monoisotopic (exact) mass is 468 g/mol. The summed E-state index contributed by atoms with van der Waals surface area (Å²) in [5.74, 6) is -0.388. The molecule has 0 fully saturated rings. The molecule has 1 aromatic carbocycles. The predicted octanol–water partition coefficient (Wildman–Crippen LogP) is 4.14. The van der Waals surface area contributed by atoms with E-state index in [9.17, 15) is 15.2 Å². The van der Waals surface area contributed by atoms with Crippen LogP contribution in [-0.4, -0.2) is 42.2 Å². The second kappa shape index (κ2) is 8.93. The number of rotatable bonds is 5. The first-order valence-corrected chi connectivity index (χ1v) is 11.4. The number of amides is 1. The standard InChI is InChI=1S/C27H28N6O2/c1-15-12-20(13-16(2)29-15)23-24(21-9-7-8-19(14-28)17(21)3)32-33-11-10-22(31-25(23)33)26(34)30-18(4)27(5,6)35/h7-13,18,35H,1-6H3,(H,30,34). The van der Waals surface area contributed by atoms with Gasteiger partial charge >= 0.3 is 0 Å². The topological polar surface area (TPSA) is 116 Å². The molecule has 0 aliphatic heterocycles. The van der Waals surface area contributed by atoms with Gasteiger partial charge in [-0.25, -0.2) is 9.50 Å². The maximum Gasteiger partial charge on any atom is 0.270 e. The lowest BCUT2D eigenvalue weighted by molar-refractivity contribution is 0.0407. The zero-order valence-corrected chi connectivity index (χ0v) is 20.7. The summed E-state index contributed by atoms with van der Waals surface area (Å²) >= 11 is 0. The minimum absolute atomic E-state index is 0.214. The quantitative estimate of drug-likeness (QED) is 0.455. The van der Waals surface area contributed by atoms with Gasteiger partial charge in [-0.15, -0.1) is 0 Å². The van der Waals surface area contributed by atoms with Crippen LogP contribution in [0.1, 0.15) is 53.8 Å². The van der Waals surface area contributed by atoms with E-state index in [-0.39, 0.29) is 11.6 Å². The van der Waals surface area contributed by atoms with Gasteiger partial charge in [-0.05, 0) is 76.9 Å². The summed E-state index contributed by atoms with van der Waals surface area (Å²) in [6, 6.07) is 12.8. The van der Waals surface area contributed by atoms with Crippen molar-refractivity contribution in [3.63, 3.8) is 0 Å². The number of nitrogens with one attached hydrogen (secondary N) is 1. The van der Waals surface area contributed by atoms with Crippen molar-refractivity contribution in [2.45, 2.75) is 53.2 Å². The lowest BCUT2D eigenvalue weighted by atomic mass is 9.95. The van der Waals surface area contributed by atoms with Crippen molar-refractivity contribution in [2.75, 3.05) is 0 Å². The molecule has 0 spiro atoms. The van der Waals surface area contributed by atoms with E-state index in [1.54, 1.807) is 43.6 Å². The Morgan fingerprint density at radius 3 is 2.46 bits per heavy atom. The molecule has 0 saturated carbocycles. The van der Waals surface area contributed by atoms with E-state index >= 15 is 0 Å². The maximum atomic E-state index is 13.0. The maximum absolute atomic E-state index is 13.0. The van der Waals surface area contributed by atoms with Crippen LogP contribution >= 0.6 is 0 Å². The Morgan fingerprint density at radius 2 is 1.83 bits per heavy atom. The number of fused-ring (bicyclic) bond motifs is 1. The summed E-state index contributed by atoms with van der Waals surface area (Å²) in [6.07, 6.45) is 1.70. The first-order valence-electron chi connectivity index (χ1n) is 11.4. The van der Waals surface area contributed by atoms with Crippen molar-refractivity contribution in [3.05, 3.63) is 70.8 Å². The van der Waals surface area contributed by atoms with Gasteiger partial charge in [0.15, 0.2) is 5.65 Å². The van der Waals surface area contributed by atoms with Gasteiger partial charge < -0.3 is 10.4 Å². The fourth-order valence-electron chi connectivity index (χ4n) is 3.95. The first kappa shape index (κ1) is 24.0. The first-order chi connectivity index (χ1) is 16.5. The van der Waals surface area contributed by atoms with Crippen molar-refractivity contribution in [2.24, 2.45) is 0 Å². The molecule has 3 aromatic heterocycles. The van der Waals surface area contributed by atoms with Crippen LogP contribution in [0.15, 0.2) is 42.6 Å². The summed E-state index contributed by atoms with van der Waals surface area (Å²) in [7, 11) is 0. The summed E-state index contributed by atoms with van der Waals surface area (Å²) < 4.78 is 1.64. The van der Waals surface area contributed by atoms with Crippen LogP contribution in [0.5, 0.6) is 0 Å². The number of nitrogens with zero attached hydrogens (tertiary/aromatic N) is 5. The number of carbonyl (C=O) groups is 1. The van der Waals surface area contributed by atoms with E-state index in [0.29, 0.717) is 16.9 Å². The van der Waals surface area contributed by atoms with Gasteiger partial charge in [-0.2, -0.15) is 10.4 Å². The summed E-state index contributed by atoms with van der Waals surface area (Å²) in [4.78, 5) is 22.1. The lowest BCUT2D eigenvalue weighted by Gasteiger charge is -2.26. The van der Waals surface area contributed by atoms with Crippen molar-refractivity contribution in [3.8, 4) is 28.5 Å². The third-order valence-corrected chi connectivity index (χ3v) is 6.20. The van der Waals surface area contributed by atoms with Gasteiger partial charge in [-0.1, -0.05) is 12.1 Å². The molecule has 8 heteroatoms. The highest BCUT2D eigenvalue weighted by Crippen LogP contribution is 2.37. The molecular formula is C27H28N6O2. The summed E-state index contributed by atoms with van der Waals surface area (Å²) in [6.45, 7) is 10.8. The second-order valence-electron chi connectivity index (χ2n) is 9.38. The number of pyridine rings is 1. The zero-order valence-electron chi connectivity index (χ0n) is 20.7. The number of hydrogen-bond donors (Lipinski definition) is 2. The number of aliphatic hydroxyl groups is 1. The number of carbonyl (C=O) groups excluding carboxylic acids is 1. The second-order valence-corrected chi connectivity index (χ2v) is 9.38. The Bertz CT molecular complexity index is 1470. The average molecular weight is 469 g/mol. The highest BCUT2D eigenvalue weighted by atomic mass is 16.3. The van der Waals surface area contributed by atoms with Crippen LogP contribution in [0.4, 0.5) is 0 Å². The number of nitriles is 1. The molecule has 8 nitrogen and oxygen atoms in total. The summed E-state index contributed by atoms with van der Waals surface area (Å²) in [5, 5.41) is 27.4. The van der Waals surface area contributed by atoms with Crippen LogP contribution in [0, 0.1) is 32.1 Å². The number of aryl methyl sites for hydroxylation is 2. The summed E-state index contributed by atoms with van der Waals surface area (Å²) in [5.41, 5.74) is 5.84. The Morgan fingerprint density at radius 1 is 1.14 bits per heavy atom. The van der Waals surface area contributed by atoms with Crippen molar-refractivity contribution in [1.29, 1.82) is 5.26 Å². The smallest absolute Gasteiger partial charge is 0.270 e. The third-order valence-electron chi connectivity index (χ3n) is 6.20. The minimum Gasteiger partial charge on any atom is -0.388 e. The molecule has 0 bridgehead atoms. The molecule has 0 aliphatic rings. The third kappa shape index (κ3) is 4.63. The molecule has 4 aromatic rings. The van der Waals surface area contributed by atoms with Gasteiger partial charge in [0.05, 0.1) is 28.8 Å². The Labute approximate surface area is 204 Å². The van der Waals surface area contributed by atoms with E-state index < -0.39 is 11.6 Å². The molecule has 35 heavy (non-hydrogen) atoms. The van der Waals surface area contributed by atoms with Crippen molar-refractivity contribution >= 4 is 11.6 Å². The Hall–Kier alpha value is -4.09. The SMILES string of the molecule is Cc1cc(-c2c(-c3cccc(C#N)c3C)nn3ccc(C(=O)NC(C)C(C)(C)O)nc23)cc(C)n1. The van der Waals surface area contributed by atoms with Gasteiger partial charge in [0.1, 0.15) is 11.4 Å². The largest absolute Gasteiger partial charge is 0.388 e. The minimum atomic E-state index is -1.08. The highest BCUT2D eigenvalue weighted by Gasteiger charge is 2.26. The number of aromatic nitrogens is 4. The molecular weight excluding hydrogens is 440 g/mol. The number of hydrogen-bond acceptors (Lipinski definition) is 6. The van der Waals surface area contributed by atoms with E-state index in [1.807, 2.05) is 45.0 Å². The van der Waals surface area contributed by atoms with Crippen LogP contribution in [0.25, 0.3) is 28.0 Å². The normalized spacial score (nSPS) is 12.4. The molecule has 0 aliphatic carbocycles. The molecule has 178 valence electrons. The van der Waals surface area contributed by atoms with Gasteiger partial charge in [0.25, 0.3) is 5.91 Å². The molecule has 1 atom stereocenters. The van der Waals surface area contributed by atoms with Gasteiger partial charge in [-0.3, -0.25) is 9.78 Å². The van der Waals surface area contributed by atoms with E-state index in [1.165, 1.54) is 0 Å². The fraction of sp³-hybridized carbons (Fsp3) is 0.296. The van der Waals surface area contributed by atoms with Crippen LogP contribution < -0.4 is 5.32 Å². The lowest BCUT2D eigenvalue weighted by Crippen LogP contribution is -2.47. The van der Waals surface area contributed by atoms with E-state index in [0.717, 1.165) is 33.6 Å². The predicted molar refractivity (Wildman–Crippen MR) is 134 cm³/mol. The molecule has 1 unspecified atom stereocenters. The molecule has 4 rings (SSSR count).